The fourth-order valence-electron chi connectivity index (χ4n) is 2.54. The van der Waals surface area contributed by atoms with Gasteiger partial charge in [-0.25, -0.2) is 0 Å². The molecule has 0 radical (unpaired) electrons. The molecule has 8 heteroatoms. The molecule has 2 aromatic heterocycles. The molecule has 0 atom stereocenters. The maximum absolute atomic E-state index is 12.3. The van der Waals surface area contributed by atoms with Crippen molar-refractivity contribution in [2.24, 2.45) is 4.99 Å². The lowest BCUT2D eigenvalue weighted by atomic mass is 10.3. The molecule has 0 saturated carbocycles. The summed E-state index contributed by atoms with van der Waals surface area (Å²) in [6, 6.07) is 7.02. The van der Waals surface area contributed by atoms with Gasteiger partial charge in [0.25, 0.3) is 0 Å². The number of ether oxygens (including phenoxy) is 3. The predicted octanol–water partition coefficient (Wildman–Crippen LogP) is 3.09. The zero-order valence-corrected chi connectivity index (χ0v) is 15.7. The molecule has 0 saturated heterocycles. The number of carbonyl (C=O) groups excluding carboxylic acids is 1. The second-order valence-electron chi connectivity index (χ2n) is 5.30. The van der Waals surface area contributed by atoms with Gasteiger partial charge < -0.3 is 23.2 Å². The highest BCUT2D eigenvalue weighted by Gasteiger charge is 2.14. The lowest BCUT2D eigenvalue weighted by Gasteiger charge is -2.09. The van der Waals surface area contributed by atoms with Gasteiger partial charge in [-0.15, -0.1) is 0 Å². The molecular weight excluding hydrogens is 356 g/mol. The number of furan rings is 1. The van der Waals surface area contributed by atoms with Gasteiger partial charge in [0.2, 0.25) is 0 Å². The first-order valence-corrected chi connectivity index (χ1v) is 8.95. The van der Waals surface area contributed by atoms with E-state index < -0.39 is 5.91 Å². The number of hydrogen-bond acceptors (Lipinski definition) is 6. The maximum atomic E-state index is 12.3. The average molecular weight is 376 g/mol. The van der Waals surface area contributed by atoms with Gasteiger partial charge in [0.05, 0.1) is 37.3 Å². The summed E-state index contributed by atoms with van der Waals surface area (Å²) in [6.07, 6.45) is 1.45. The Morgan fingerprint density at radius 3 is 2.69 bits per heavy atom. The van der Waals surface area contributed by atoms with Crippen LogP contribution in [0.2, 0.25) is 0 Å². The lowest BCUT2D eigenvalue weighted by Crippen LogP contribution is -2.19. The van der Waals surface area contributed by atoms with Crippen LogP contribution in [-0.4, -0.2) is 37.9 Å². The van der Waals surface area contributed by atoms with Crippen molar-refractivity contribution in [2.75, 3.05) is 27.4 Å². The molecule has 0 fully saturated rings. The smallest absolute Gasteiger partial charge is 0.315 e. The Hall–Kier alpha value is -2.58. The molecule has 7 nitrogen and oxygen atoms in total. The molecule has 3 aromatic rings. The van der Waals surface area contributed by atoms with Crippen molar-refractivity contribution >= 4 is 27.5 Å². The number of hydrogen-bond donors (Lipinski definition) is 0. The molecule has 0 spiro atoms. The first kappa shape index (κ1) is 18.2. The van der Waals surface area contributed by atoms with Gasteiger partial charge in [0.1, 0.15) is 0 Å². The third-order valence-corrected chi connectivity index (χ3v) is 4.82. The van der Waals surface area contributed by atoms with E-state index in [2.05, 4.69) is 4.99 Å². The topological polar surface area (TPSA) is 75.2 Å². The molecule has 3 rings (SSSR count). The fourth-order valence-corrected chi connectivity index (χ4v) is 3.61. The molecule has 0 N–H and O–H groups in total. The van der Waals surface area contributed by atoms with Crippen molar-refractivity contribution < 1.29 is 23.4 Å². The number of benzene rings is 1. The van der Waals surface area contributed by atoms with Crippen molar-refractivity contribution in [3.8, 4) is 11.5 Å². The van der Waals surface area contributed by atoms with Gasteiger partial charge in [-0.2, -0.15) is 4.99 Å². The standard InChI is InChI=1S/C18H20N2O5S/c1-4-24-9-7-20-12-10-14(22-2)15(23-3)11-16(12)26-18(20)19-17(21)13-6-5-8-25-13/h5-6,8,10-11H,4,7,9H2,1-3H3. The summed E-state index contributed by atoms with van der Waals surface area (Å²) in [5.41, 5.74) is 0.901. The van der Waals surface area contributed by atoms with E-state index in [0.29, 0.717) is 36.1 Å². The van der Waals surface area contributed by atoms with Gasteiger partial charge in [-0.05, 0) is 19.1 Å². The van der Waals surface area contributed by atoms with Crippen molar-refractivity contribution in [1.82, 2.24) is 4.57 Å². The summed E-state index contributed by atoms with van der Waals surface area (Å²) in [7, 11) is 3.18. The van der Waals surface area contributed by atoms with Crippen LogP contribution in [0.4, 0.5) is 0 Å². The van der Waals surface area contributed by atoms with Crippen molar-refractivity contribution in [2.45, 2.75) is 13.5 Å². The molecule has 2 heterocycles. The van der Waals surface area contributed by atoms with Gasteiger partial charge in [-0.3, -0.25) is 4.79 Å². The third-order valence-electron chi connectivity index (χ3n) is 3.78. The van der Waals surface area contributed by atoms with Gasteiger partial charge in [0, 0.05) is 25.3 Å². The normalized spacial score (nSPS) is 11.9. The Morgan fingerprint density at radius 2 is 2.04 bits per heavy atom. The van der Waals surface area contributed by atoms with E-state index in [1.54, 1.807) is 26.4 Å². The number of rotatable bonds is 7. The Kier molecular flexibility index (Phi) is 5.75. The van der Waals surface area contributed by atoms with E-state index in [-0.39, 0.29) is 5.76 Å². The van der Waals surface area contributed by atoms with Crippen LogP contribution in [0.3, 0.4) is 0 Å². The number of aromatic nitrogens is 1. The van der Waals surface area contributed by atoms with Crippen LogP contribution in [0.1, 0.15) is 17.5 Å². The van der Waals surface area contributed by atoms with Crippen LogP contribution in [0, 0.1) is 0 Å². The molecule has 26 heavy (non-hydrogen) atoms. The molecule has 1 amide bonds. The van der Waals surface area contributed by atoms with E-state index >= 15 is 0 Å². The highest BCUT2D eigenvalue weighted by Crippen LogP contribution is 2.33. The molecule has 0 aliphatic heterocycles. The first-order chi connectivity index (χ1) is 12.7. The summed E-state index contributed by atoms with van der Waals surface area (Å²) in [5.74, 6) is 1.02. The van der Waals surface area contributed by atoms with Crippen LogP contribution < -0.4 is 14.3 Å². The minimum atomic E-state index is -0.425. The van der Waals surface area contributed by atoms with Crippen LogP contribution in [0.15, 0.2) is 39.9 Å². The largest absolute Gasteiger partial charge is 0.493 e. The Bertz CT molecular complexity index is 956. The number of amides is 1. The highest BCUT2D eigenvalue weighted by molar-refractivity contribution is 7.16. The van der Waals surface area contributed by atoms with Crippen molar-refractivity contribution in [3.63, 3.8) is 0 Å². The van der Waals surface area contributed by atoms with Crippen molar-refractivity contribution in [3.05, 3.63) is 41.1 Å². The second kappa shape index (κ2) is 8.20. The van der Waals surface area contributed by atoms with E-state index in [1.165, 1.54) is 17.6 Å². The van der Waals surface area contributed by atoms with Crippen LogP contribution >= 0.6 is 11.3 Å². The summed E-state index contributed by atoms with van der Waals surface area (Å²) in [6.45, 7) is 3.64. The Balaban J connectivity index is 2.13. The molecular formula is C18H20N2O5S. The minimum absolute atomic E-state index is 0.203. The fraction of sp³-hybridized carbons (Fsp3) is 0.333. The van der Waals surface area contributed by atoms with Gasteiger partial charge >= 0.3 is 5.91 Å². The average Bonchev–Trinajstić information content (AvgIpc) is 3.29. The quantitative estimate of drug-likeness (QED) is 0.593. The number of carbonyl (C=O) groups is 1. The Morgan fingerprint density at radius 1 is 1.27 bits per heavy atom. The molecule has 138 valence electrons. The van der Waals surface area contributed by atoms with E-state index in [0.717, 1.165) is 10.2 Å². The van der Waals surface area contributed by atoms with Gasteiger partial charge in [-0.1, -0.05) is 11.3 Å². The van der Waals surface area contributed by atoms with Gasteiger partial charge in [0.15, 0.2) is 22.1 Å². The maximum Gasteiger partial charge on any atom is 0.315 e. The molecule has 0 aliphatic carbocycles. The number of thiazole rings is 1. The predicted molar refractivity (Wildman–Crippen MR) is 98.0 cm³/mol. The van der Waals surface area contributed by atoms with E-state index in [9.17, 15) is 4.79 Å². The van der Waals surface area contributed by atoms with Crippen LogP contribution in [-0.2, 0) is 11.3 Å². The van der Waals surface area contributed by atoms with Crippen molar-refractivity contribution in [1.29, 1.82) is 0 Å². The minimum Gasteiger partial charge on any atom is -0.493 e. The van der Waals surface area contributed by atoms with Crippen LogP contribution in [0.5, 0.6) is 11.5 Å². The SMILES string of the molecule is CCOCCn1c(=NC(=O)c2ccco2)sc2cc(OC)c(OC)cc21. The third kappa shape index (κ3) is 3.66. The zero-order valence-electron chi connectivity index (χ0n) is 14.9. The highest BCUT2D eigenvalue weighted by atomic mass is 32.1. The summed E-state index contributed by atoms with van der Waals surface area (Å²) >= 11 is 1.40. The molecule has 1 aromatic carbocycles. The summed E-state index contributed by atoms with van der Waals surface area (Å²) in [5, 5.41) is 0. The van der Waals surface area contributed by atoms with Crippen LogP contribution in [0.25, 0.3) is 10.2 Å². The van der Waals surface area contributed by atoms with E-state index in [4.69, 9.17) is 18.6 Å². The molecule has 0 aliphatic rings. The number of methoxy groups -OCH3 is 2. The lowest BCUT2D eigenvalue weighted by molar-refractivity contribution is 0.0970. The molecule has 0 unspecified atom stereocenters. The molecule has 0 bridgehead atoms. The monoisotopic (exact) mass is 376 g/mol. The number of fused-ring (bicyclic) bond motifs is 1. The summed E-state index contributed by atoms with van der Waals surface area (Å²) < 4.78 is 24.3. The Labute approximate surface area is 154 Å². The first-order valence-electron chi connectivity index (χ1n) is 8.13. The zero-order chi connectivity index (χ0) is 18.5. The summed E-state index contributed by atoms with van der Waals surface area (Å²) in [4.78, 5) is 17.1. The number of nitrogens with zero attached hydrogens (tertiary/aromatic N) is 2. The second-order valence-corrected chi connectivity index (χ2v) is 6.31. The van der Waals surface area contributed by atoms with E-state index in [1.807, 2.05) is 23.6 Å².